The van der Waals surface area contributed by atoms with Crippen LogP contribution in [0.4, 0.5) is 0 Å². The van der Waals surface area contributed by atoms with Crippen LogP contribution in [0.2, 0.25) is 0 Å². The van der Waals surface area contributed by atoms with E-state index in [1.54, 1.807) is 6.20 Å². The van der Waals surface area contributed by atoms with E-state index in [9.17, 15) is 9.90 Å². The topological polar surface area (TPSA) is 53.4 Å². The normalized spacial score (nSPS) is 21.4. The summed E-state index contributed by atoms with van der Waals surface area (Å²) in [5.74, 6) is -0.698. The van der Waals surface area contributed by atoms with Crippen LogP contribution < -0.4 is 0 Å². The number of likely N-dealkylation sites (tertiary alicyclic amines) is 1. The number of carboxylic acids is 1. The Balaban J connectivity index is 2.11. The molecule has 1 aromatic heterocycles. The van der Waals surface area contributed by atoms with Gasteiger partial charge in [0, 0.05) is 18.9 Å². The number of hydrogen-bond donors (Lipinski definition) is 1. The van der Waals surface area contributed by atoms with Crippen LogP contribution in [0.15, 0.2) is 18.5 Å². The Kier molecular flexibility index (Phi) is 3.74. The predicted octanol–water partition coefficient (Wildman–Crippen LogP) is 1.83. The van der Waals surface area contributed by atoms with E-state index >= 15 is 0 Å². The number of rotatable bonds is 3. The smallest absolute Gasteiger partial charge is 0.320 e. The SMILES string of the molecule is Cc1cnccc1CN1CCCCC1C(=O)O. The third-order valence-electron chi connectivity index (χ3n) is 3.41. The Morgan fingerprint density at radius 1 is 1.59 bits per heavy atom. The minimum Gasteiger partial charge on any atom is -0.480 e. The maximum Gasteiger partial charge on any atom is 0.320 e. The minimum absolute atomic E-state index is 0.323. The van der Waals surface area contributed by atoms with Gasteiger partial charge in [-0.25, -0.2) is 0 Å². The maximum absolute atomic E-state index is 11.2. The van der Waals surface area contributed by atoms with E-state index in [-0.39, 0.29) is 6.04 Å². The molecule has 1 aromatic rings. The molecule has 1 saturated heterocycles. The highest BCUT2D eigenvalue weighted by molar-refractivity contribution is 5.73. The molecule has 0 aliphatic carbocycles. The zero-order valence-corrected chi connectivity index (χ0v) is 10.1. The molecular weight excluding hydrogens is 216 g/mol. The highest BCUT2D eigenvalue weighted by atomic mass is 16.4. The largest absolute Gasteiger partial charge is 0.480 e. The second-order valence-electron chi connectivity index (χ2n) is 4.62. The number of hydrogen-bond acceptors (Lipinski definition) is 3. The summed E-state index contributed by atoms with van der Waals surface area (Å²) < 4.78 is 0. The molecule has 0 bridgehead atoms. The van der Waals surface area contributed by atoms with Crippen LogP contribution >= 0.6 is 0 Å². The molecule has 2 heterocycles. The van der Waals surface area contributed by atoms with Gasteiger partial charge in [-0.3, -0.25) is 14.7 Å². The lowest BCUT2D eigenvalue weighted by atomic mass is 10.0. The summed E-state index contributed by atoms with van der Waals surface area (Å²) >= 11 is 0. The second kappa shape index (κ2) is 5.27. The van der Waals surface area contributed by atoms with Crippen molar-refractivity contribution >= 4 is 5.97 Å². The van der Waals surface area contributed by atoms with Crippen molar-refractivity contribution in [3.63, 3.8) is 0 Å². The zero-order valence-electron chi connectivity index (χ0n) is 10.1. The number of aliphatic carboxylic acids is 1. The summed E-state index contributed by atoms with van der Waals surface area (Å²) in [6.45, 7) is 3.60. The van der Waals surface area contributed by atoms with Gasteiger partial charge < -0.3 is 5.11 Å². The fraction of sp³-hybridized carbons (Fsp3) is 0.538. The van der Waals surface area contributed by atoms with Gasteiger partial charge in [-0.1, -0.05) is 6.42 Å². The van der Waals surface area contributed by atoms with Gasteiger partial charge in [0.2, 0.25) is 0 Å². The van der Waals surface area contributed by atoms with E-state index < -0.39 is 5.97 Å². The van der Waals surface area contributed by atoms with Crippen molar-refractivity contribution in [2.75, 3.05) is 6.54 Å². The van der Waals surface area contributed by atoms with Gasteiger partial charge in [0.05, 0.1) is 0 Å². The average Bonchev–Trinajstić information content (AvgIpc) is 2.32. The Morgan fingerprint density at radius 2 is 2.41 bits per heavy atom. The Labute approximate surface area is 101 Å². The zero-order chi connectivity index (χ0) is 12.3. The van der Waals surface area contributed by atoms with Crippen LogP contribution in [0.3, 0.4) is 0 Å². The van der Waals surface area contributed by atoms with Crippen LogP contribution in [0.25, 0.3) is 0 Å². The number of pyridine rings is 1. The maximum atomic E-state index is 11.2. The van der Waals surface area contributed by atoms with E-state index in [4.69, 9.17) is 0 Å². The first-order chi connectivity index (χ1) is 8.18. The summed E-state index contributed by atoms with van der Waals surface area (Å²) in [4.78, 5) is 17.3. The van der Waals surface area contributed by atoms with Gasteiger partial charge in [0.15, 0.2) is 0 Å². The minimum atomic E-state index is -0.698. The Hall–Kier alpha value is -1.42. The number of aromatic nitrogens is 1. The molecule has 17 heavy (non-hydrogen) atoms. The van der Waals surface area contributed by atoms with Crippen molar-refractivity contribution in [2.24, 2.45) is 0 Å². The molecule has 4 nitrogen and oxygen atoms in total. The lowest BCUT2D eigenvalue weighted by Gasteiger charge is -2.33. The van der Waals surface area contributed by atoms with Gasteiger partial charge >= 0.3 is 5.97 Å². The van der Waals surface area contributed by atoms with Crippen LogP contribution in [0.1, 0.15) is 30.4 Å². The highest BCUT2D eigenvalue weighted by Gasteiger charge is 2.28. The van der Waals surface area contributed by atoms with E-state index in [2.05, 4.69) is 9.88 Å². The summed E-state index contributed by atoms with van der Waals surface area (Å²) in [6, 6.07) is 1.65. The quantitative estimate of drug-likeness (QED) is 0.867. The molecule has 92 valence electrons. The first-order valence-corrected chi connectivity index (χ1v) is 6.05. The molecule has 0 saturated carbocycles. The predicted molar refractivity (Wildman–Crippen MR) is 64.7 cm³/mol. The van der Waals surface area contributed by atoms with E-state index in [0.717, 1.165) is 31.4 Å². The van der Waals surface area contributed by atoms with E-state index in [1.807, 2.05) is 19.2 Å². The molecule has 2 rings (SSSR count). The standard InChI is InChI=1S/C13H18N2O2/c1-10-8-14-6-5-11(10)9-15-7-3-2-4-12(15)13(16)17/h5-6,8,12H,2-4,7,9H2,1H3,(H,16,17). The van der Waals surface area contributed by atoms with Crippen LogP contribution in [-0.2, 0) is 11.3 Å². The molecule has 1 N–H and O–H groups in total. The molecule has 1 aliphatic rings. The van der Waals surface area contributed by atoms with Crippen LogP contribution in [0.5, 0.6) is 0 Å². The molecule has 4 heteroatoms. The van der Waals surface area contributed by atoms with Crippen molar-refractivity contribution in [1.82, 2.24) is 9.88 Å². The number of carbonyl (C=O) groups is 1. The summed E-state index contributed by atoms with van der Waals surface area (Å²) in [7, 11) is 0. The summed E-state index contributed by atoms with van der Waals surface area (Å²) in [6.07, 6.45) is 6.47. The van der Waals surface area contributed by atoms with Gasteiger partial charge in [0.25, 0.3) is 0 Å². The van der Waals surface area contributed by atoms with Gasteiger partial charge in [-0.05, 0) is 43.5 Å². The lowest BCUT2D eigenvalue weighted by Crippen LogP contribution is -2.44. The number of carboxylic acid groups (broad SMARTS) is 1. The summed E-state index contributed by atoms with van der Waals surface area (Å²) in [5.41, 5.74) is 2.30. The molecule has 1 unspecified atom stereocenters. The Bertz CT molecular complexity index is 406. The molecule has 1 aliphatic heterocycles. The fourth-order valence-corrected chi connectivity index (χ4v) is 2.36. The number of piperidine rings is 1. The third-order valence-corrected chi connectivity index (χ3v) is 3.41. The highest BCUT2D eigenvalue weighted by Crippen LogP contribution is 2.20. The van der Waals surface area contributed by atoms with Gasteiger partial charge in [-0.15, -0.1) is 0 Å². The van der Waals surface area contributed by atoms with Crippen molar-refractivity contribution in [1.29, 1.82) is 0 Å². The van der Waals surface area contributed by atoms with Crippen molar-refractivity contribution in [3.05, 3.63) is 29.6 Å². The van der Waals surface area contributed by atoms with Gasteiger partial charge in [-0.2, -0.15) is 0 Å². The fourth-order valence-electron chi connectivity index (χ4n) is 2.36. The molecule has 0 amide bonds. The third kappa shape index (κ3) is 2.82. The average molecular weight is 234 g/mol. The van der Waals surface area contributed by atoms with E-state index in [0.29, 0.717) is 6.54 Å². The lowest BCUT2D eigenvalue weighted by molar-refractivity contribution is -0.144. The van der Waals surface area contributed by atoms with Crippen LogP contribution in [-0.4, -0.2) is 33.5 Å². The number of nitrogens with zero attached hydrogens (tertiary/aromatic N) is 2. The summed E-state index contributed by atoms with van der Waals surface area (Å²) in [5, 5.41) is 9.20. The van der Waals surface area contributed by atoms with Crippen molar-refractivity contribution in [3.8, 4) is 0 Å². The number of aryl methyl sites for hydroxylation is 1. The first kappa shape index (κ1) is 12.0. The van der Waals surface area contributed by atoms with E-state index in [1.165, 1.54) is 5.56 Å². The monoisotopic (exact) mass is 234 g/mol. The van der Waals surface area contributed by atoms with Gasteiger partial charge in [0.1, 0.15) is 6.04 Å². The molecule has 1 fully saturated rings. The molecular formula is C13H18N2O2. The second-order valence-corrected chi connectivity index (χ2v) is 4.62. The van der Waals surface area contributed by atoms with Crippen molar-refractivity contribution in [2.45, 2.75) is 38.8 Å². The molecule has 0 radical (unpaired) electrons. The van der Waals surface area contributed by atoms with Crippen molar-refractivity contribution < 1.29 is 9.90 Å². The Morgan fingerprint density at radius 3 is 3.12 bits per heavy atom. The molecule has 1 atom stereocenters. The first-order valence-electron chi connectivity index (χ1n) is 6.05. The molecule has 0 aromatic carbocycles. The molecule has 0 spiro atoms. The van der Waals surface area contributed by atoms with Crippen LogP contribution in [0, 0.1) is 6.92 Å².